The number of H-pyrrole nitrogens is 1. The zero-order chi connectivity index (χ0) is 20.9. The lowest BCUT2D eigenvalue weighted by Crippen LogP contribution is -2.35. The lowest BCUT2D eigenvalue weighted by Gasteiger charge is -2.22. The third-order valence-electron chi connectivity index (χ3n) is 6.62. The second-order valence-electron chi connectivity index (χ2n) is 8.53. The number of hydrogen-bond donors (Lipinski definition) is 1. The van der Waals surface area contributed by atoms with E-state index in [4.69, 9.17) is 0 Å². The largest absolute Gasteiger partial charge is 0.338 e. The van der Waals surface area contributed by atoms with Crippen LogP contribution in [0, 0.1) is 11.8 Å². The number of amides is 2. The first-order valence-corrected chi connectivity index (χ1v) is 10.5. The number of carbonyl (C=O) groups excluding carboxylic acids is 2. The minimum absolute atomic E-state index is 0.0201. The monoisotopic (exact) mass is 411 g/mol. The average molecular weight is 411 g/mol. The number of carbonyl (C=O) groups is 2. The van der Waals surface area contributed by atoms with Crippen molar-refractivity contribution in [2.45, 2.75) is 0 Å². The molecule has 2 fully saturated rings. The summed E-state index contributed by atoms with van der Waals surface area (Å²) in [5, 5.41) is 12.9. The van der Waals surface area contributed by atoms with E-state index in [2.05, 4.69) is 21.5 Å². The van der Waals surface area contributed by atoms with Crippen LogP contribution in [-0.2, 0) is 0 Å². The fraction of sp³-hybridized carbons (Fsp3) is 0.250. The summed E-state index contributed by atoms with van der Waals surface area (Å²) in [6.07, 6.45) is 0. The third-order valence-corrected chi connectivity index (χ3v) is 6.62. The fourth-order valence-electron chi connectivity index (χ4n) is 4.99. The van der Waals surface area contributed by atoms with Gasteiger partial charge in [-0.25, -0.2) is 0 Å². The van der Waals surface area contributed by atoms with E-state index in [1.165, 1.54) is 0 Å². The van der Waals surface area contributed by atoms with E-state index in [0.717, 1.165) is 21.9 Å². The number of fused-ring (bicyclic) bond motifs is 3. The SMILES string of the molecule is O=C(c1ccc2ccccc2c1)N1C[C@H]2CN(C(=O)c3ccc4n[nH]nc4c3)C[C@@H]2C1. The van der Waals surface area contributed by atoms with Crippen molar-refractivity contribution < 1.29 is 9.59 Å². The Labute approximate surface area is 178 Å². The second kappa shape index (κ2) is 6.91. The lowest BCUT2D eigenvalue weighted by atomic mass is 10.0. The molecule has 0 aliphatic carbocycles. The smallest absolute Gasteiger partial charge is 0.253 e. The maximum atomic E-state index is 13.1. The van der Waals surface area contributed by atoms with Crippen LogP contribution in [0.25, 0.3) is 21.8 Å². The quantitative estimate of drug-likeness (QED) is 0.550. The molecule has 154 valence electrons. The molecule has 1 N–H and O–H groups in total. The first-order valence-electron chi connectivity index (χ1n) is 10.5. The molecule has 2 saturated heterocycles. The van der Waals surface area contributed by atoms with Gasteiger partial charge in [0.15, 0.2) is 0 Å². The highest BCUT2D eigenvalue weighted by molar-refractivity contribution is 5.99. The summed E-state index contributed by atoms with van der Waals surface area (Å²) in [6, 6.07) is 19.4. The number of rotatable bonds is 2. The van der Waals surface area contributed by atoms with E-state index in [1.807, 2.05) is 52.3 Å². The molecule has 4 aromatic rings. The van der Waals surface area contributed by atoms with Crippen LogP contribution in [0.15, 0.2) is 60.7 Å². The number of aromatic amines is 1. The van der Waals surface area contributed by atoms with Gasteiger partial charge >= 0.3 is 0 Å². The minimum Gasteiger partial charge on any atom is -0.338 e. The van der Waals surface area contributed by atoms with Crippen molar-refractivity contribution in [3.8, 4) is 0 Å². The Hall–Kier alpha value is -3.74. The molecule has 2 amide bonds. The van der Waals surface area contributed by atoms with Crippen molar-refractivity contribution in [1.82, 2.24) is 25.2 Å². The molecule has 0 unspecified atom stereocenters. The standard InChI is InChI=1S/C24H21N5O2/c30-23(17-6-5-15-3-1-2-4-16(15)9-17)28-11-19-13-29(14-20(19)12-28)24(31)18-7-8-21-22(10-18)26-27-25-21/h1-10,19-20H,11-14H2,(H,25,26,27)/t19-,20-/m0/s1. The fourth-order valence-corrected chi connectivity index (χ4v) is 4.99. The van der Waals surface area contributed by atoms with E-state index >= 15 is 0 Å². The van der Waals surface area contributed by atoms with E-state index in [1.54, 1.807) is 12.1 Å². The number of nitrogens with one attached hydrogen (secondary N) is 1. The molecule has 3 aromatic carbocycles. The molecule has 0 radical (unpaired) electrons. The zero-order valence-electron chi connectivity index (χ0n) is 16.9. The molecule has 7 nitrogen and oxygen atoms in total. The summed E-state index contributed by atoms with van der Waals surface area (Å²) in [5.74, 6) is 0.745. The van der Waals surface area contributed by atoms with Gasteiger partial charge in [0.05, 0.1) is 0 Å². The maximum absolute atomic E-state index is 13.1. The van der Waals surface area contributed by atoms with E-state index in [0.29, 0.717) is 49.1 Å². The summed E-state index contributed by atoms with van der Waals surface area (Å²) in [4.78, 5) is 29.9. The molecular formula is C24H21N5O2. The van der Waals surface area contributed by atoms with E-state index in [-0.39, 0.29) is 11.8 Å². The third kappa shape index (κ3) is 3.04. The van der Waals surface area contributed by atoms with Crippen molar-refractivity contribution in [3.63, 3.8) is 0 Å². The molecule has 0 saturated carbocycles. The highest BCUT2D eigenvalue weighted by atomic mass is 16.2. The van der Waals surface area contributed by atoms with Gasteiger partial charge in [0.2, 0.25) is 0 Å². The van der Waals surface area contributed by atoms with Crippen molar-refractivity contribution >= 4 is 33.6 Å². The highest BCUT2D eigenvalue weighted by Gasteiger charge is 2.43. The summed E-state index contributed by atoms with van der Waals surface area (Å²) < 4.78 is 0. The van der Waals surface area contributed by atoms with Crippen molar-refractivity contribution in [3.05, 3.63) is 71.8 Å². The van der Waals surface area contributed by atoms with Crippen LogP contribution in [0.3, 0.4) is 0 Å². The van der Waals surface area contributed by atoms with Gasteiger partial charge in [0, 0.05) is 49.1 Å². The summed E-state index contributed by atoms with van der Waals surface area (Å²) >= 11 is 0. The Balaban J connectivity index is 1.15. The first kappa shape index (κ1) is 18.1. The molecule has 0 bridgehead atoms. The topological polar surface area (TPSA) is 82.2 Å². The Morgan fingerprint density at radius 1 is 0.710 bits per heavy atom. The zero-order valence-corrected chi connectivity index (χ0v) is 16.9. The van der Waals surface area contributed by atoms with Gasteiger partial charge in [0.25, 0.3) is 11.8 Å². The molecular weight excluding hydrogens is 390 g/mol. The van der Waals surface area contributed by atoms with Gasteiger partial charge in [-0.05, 0) is 41.1 Å². The van der Waals surface area contributed by atoms with Crippen LogP contribution >= 0.6 is 0 Å². The summed E-state index contributed by atoms with van der Waals surface area (Å²) in [7, 11) is 0. The molecule has 2 atom stereocenters. The molecule has 2 aliphatic rings. The molecule has 7 heteroatoms. The van der Waals surface area contributed by atoms with Crippen LogP contribution in [0.4, 0.5) is 0 Å². The van der Waals surface area contributed by atoms with Crippen LogP contribution in [0.5, 0.6) is 0 Å². The normalized spacial score (nSPS) is 20.5. The first-order chi connectivity index (χ1) is 15.2. The van der Waals surface area contributed by atoms with Crippen LogP contribution in [0.2, 0.25) is 0 Å². The Morgan fingerprint density at radius 2 is 1.29 bits per heavy atom. The Morgan fingerprint density at radius 3 is 2.00 bits per heavy atom. The predicted octanol–water partition coefficient (Wildman–Crippen LogP) is 2.96. The van der Waals surface area contributed by atoms with Crippen LogP contribution < -0.4 is 0 Å². The van der Waals surface area contributed by atoms with Gasteiger partial charge in [-0.2, -0.15) is 15.4 Å². The number of aromatic nitrogens is 3. The lowest BCUT2D eigenvalue weighted by molar-refractivity contribution is 0.0738. The van der Waals surface area contributed by atoms with Gasteiger partial charge in [-0.1, -0.05) is 30.3 Å². The van der Waals surface area contributed by atoms with Gasteiger partial charge < -0.3 is 9.80 Å². The number of likely N-dealkylation sites (tertiary alicyclic amines) is 2. The summed E-state index contributed by atoms with van der Waals surface area (Å²) in [6.45, 7) is 2.76. The van der Waals surface area contributed by atoms with E-state index < -0.39 is 0 Å². The maximum Gasteiger partial charge on any atom is 0.253 e. The van der Waals surface area contributed by atoms with Crippen molar-refractivity contribution in [2.24, 2.45) is 11.8 Å². The van der Waals surface area contributed by atoms with E-state index in [9.17, 15) is 9.59 Å². The Kier molecular flexibility index (Phi) is 4.02. The summed E-state index contributed by atoms with van der Waals surface area (Å²) in [5.41, 5.74) is 2.80. The molecule has 1 aromatic heterocycles. The van der Waals surface area contributed by atoms with Crippen molar-refractivity contribution in [2.75, 3.05) is 26.2 Å². The van der Waals surface area contributed by atoms with Crippen LogP contribution in [0.1, 0.15) is 20.7 Å². The Bertz CT molecular complexity index is 1320. The molecule has 31 heavy (non-hydrogen) atoms. The van der Waals surface area contributed by atoms with Gasteiger partial charge in [0.1, 0.15) is 11.0 Å². The molecule has 2 aliphatic heterocycles. The number of benzene rings is 3. The average Bonchev–Trinajstić information content (AvgIpc) is 3.52. The molecule has 6 rings (SSSR count). The molecule has 0 spiro atoms. The van der Waals surface area contributed by atoms with Crippen molar-refractivity contribution in [1.29, 1.82) is 0 Å². The second-order valence-corrected chi connectivity index (χ2v) is 8.53. The highest BCUT2D eigenvalue weighted by Crippen LogP contribution is 2.33. The van der Waals surface area contributed by atoms with Gasteiger partial charge in [-0.3, -0.25) is 9.59 Å². The predicted molar refractivity (Wildman–Crippen MR) is 117 cm³/mol. The van der Waals surface area contributed by atoms with Gasteiger partial charge in [-0.15, -0.1) is 0 Å². The number of nitrogens with zero attached hydrogens (tertiary/aromatic N) is 4. The van der Waals surface area contributed by atoms with Crippen LogP contribution in [-0.4, -0.2) is 63.2 Å². The molecule has 3 heterocycles. The minimum atomic E-state index is 0.0201. The number of hydrogen-bond acceptors (Lipinski definition) is 4.